The highest BCUT2D eigenvalue weighted by atomic mass is 16.5. The second kappa shape index (κ2) is 5.43. The topological polar surface area (TPSA) is 102 Å². The predicted molar refractivity (Wildman–Crippen MR) is 69.1 cm³/mol. The van der Waals surface area contributed by atoms with Crippen LogP contribution in [-0.4, -0.2) is 29.2 Å². The molecule has 0 spiro atoms. The number of aryl methyl sites for hydroxylation is 1. The SMILES string of the molecule is COc1ccc(NC(=O)c2c(C(=O)O)noc2C)cc1. The number of nitrogens with zero attached hydrogens (tertiary/aromatic N) is 1. The molecule has 0 saturated heterocycles. The van der Waals surface area contributed by atoms with Gasteiger partial charge in [-0.05, 0) is 31.2 Å². The Morgan fingerprint density at radius 2 is 1.95 bits per heavy atom. The van der Waals surface area contributed by atoms with Crippen LogP contribution in [0.25, 0.3) is 0 Å². The van der Waals surface area contributed by atoms with Crippen LogP contribution in [0.4, 0.5) is 5.69 Å². The van der Waals surface area contributed by atoms with Crippen molar-refractivity contribution in [2.24, 2.45) is 0 Å². The number of amides is 1. The fourth-order valence-electron chi connectivity index (χ4n) is 1.65. The van der Waals surface area contributed by atoms with Crippen LogP contribution in [0.1, 0.15) is 26.6 Å². The van der Waals surface area contributed by atoms with Gasteiger partial charge in [-0.25, -0.2) is 4.79 Å². The first-order valence-electron chi connectivity index (χ1n) is 5.68. The van der Waals surface area contributed by atoms with E-state index in [4.69, 9.17) is 14.4 Å². The molecule has 1 aromatic carbocycles. The van der Waals surface area contributed by atoms with Crippen molar-refractivity contribution in [1.29, 1.82) is 0 Å². The summed E-state index contributed by atoms with van der Waals surface area (Å²) < 4.78 is 9.74. The number of carbonyl (C=O) groups excluding carboxylic acids is 1. The third-order valence-electron chi connectivity index (χ3n) is 2.64. The van der Waals surface area contributed by atoms with Crippen LogP contribution >= 0.6 is 0 Å². The Kier molecular flexibility index (Phi) is 3.69. The molecule has 0 bridgehead atoms. The van der Waals surface area contributed by atoms with E-state index in [2.05, 4.69) is 10.5 Å². The zero-order valence-corrected chi connectivity index (χ0v) is 10.8. The average molecular weight is 276 g/mol. The molecule has 1 heterocycles. The van der Waals surface area contributed by atoms with Gasteiger partial charge in [0.2, 0.25) is 5.69 Å². The number of rotatable bonds is 4. The first kappa shape index (κ1) is 13.6. The number of carboxylic acid groups (broad SMARTS) is 1. The minimum absolute atomic E-state index is 0.0895. The van der Waals surface area contributed by atoms with Crippen molar-refractivity contribution in [2.75, 3.05) is 12.4 Å². The molecule has 0 aliphatic carbocycles. The fourth-order valence-corrected chi connectivity index (χ4v) is 1.65. The van der Waals surface area contributed by atoms with E-state index in [0.717, 1.165) is 0 Å². The Bertz CT molecular complexity index is 645. The molecule has 104 valence electrons. The number of aromatic carboxylic acids is 1. The maximum absolute atomic E-state index is 12.1. The number of methoxy groups -OCH3 is 1. The standard InChI is InChI=1S/C13H12N2O5/c1-7-10(11(13(17)18)15-20-7)12(16)14-8-3-5-9(19-2)6-4-8/h3-6H,1-2H3,(H,14,16)(H,17,18). The van der Waals surface area contributed by atoms with E-state index in [1.807, 2.05) is 0 Å². The molecule has 0 fully saturated rings. The number of anilines is 1. The van der Waals surface area contributed by atoms with Crippen LogP contribution in [0.5, 0.6) is 5.75 Å². The molecule has 7 nitrogen and oxygen atoms in total. The van der Waals surface area contributed by atoms with E-state index in [9.17, 15) is 9.59 Å². The molecular formula is C13H12N2O5. The summed E-state index contributed by atoms with van der Waals surface area (Å²) in [5.41, 5.74) is 0.00886. The molecule has 0 unspecified atom stereocenters. The molecule has 0 aliphatic rings. The van der Waals surface area contributed by atoms with Crippen LogP contribution in [0.2, 0.25) is 0 Å². The average Bonchev–Trinajstić information content (AvgIpc) is 2.81. The normalized spacial score (nSPS) is 10.1. The van der Waals surface area contributed by atoms with Crippen LogP contribution in [0.15, 0.2) is 28.8 Å². The minimum atomic E-state index is -1.32. The molecule has 0 aliphatic heterocycles. The largest absolute Gasteiger partial charge is 0.497 e. The second-order valence-electron chi connectivity index (χ2n) is 3.95. The van der Waals surface area contributed by atoms with Crippen molar-refractivity contribution in [3.05, 3.63) is 41.3 Å². The zero-order valence-electron chi connectivity index (χ0n) is 10.8. The van der Waals surface area contributed by atoms with Gasteiger partial charge in [-0.1, -0.05) is 5.16 Å². The van der Waals surface area contributed by atoms with E-state index in [0.29, 0.717) is 11.4 Å². The van der Waals surface area contributed by atoms with Crippen molar-refractivity contribution < 1.29 is 24.0 Å². The number of ether oxygens (including phenoxy) is 1. The molecule has 2 N–H and O–H groups in total. The lowest BCUT2D eigenvalue weighted by molar-refractivity contribution is 0.0682. The Morgan fingerprint density at radius 1 is 1.30 bits per heavy atom. The van der Waals surface area contributed by atoms with E-state index in [-0.39, 0.29) is 11.3 Å². The maximum Gasteiger partial charge on any atom is 0.358 e. The third-order valence-corrected chi connectivity index (χ3v) is 2.64. The molecular weight excluding hydrogens is 264 g/mol. The van der Waals surface area contributed by atoms with Gasteiger partial charge >= 0.3 is 5.97 Å². The molecule has 1 aromatic heterocycles. The second-order valence-corrected chi connectivity index (χ2v) is 3.95. The molecule has 0 radical (unpaired) electrons. The summed E-state index contributed by atoms with van der Waals surface area (Å²) in [4.78, 5) is 23.0. The smallest absolute Gasteiger partial charge is 0.358 e. The first-order valence-corrected chi connectivity index (χ1v) is 5.68. The molecule has 7 heteroatoms. The van der Waals surface area contributed by atoms with Crippen LogP contribution in [-0.2, 0) is 0 Å². The van der Waals surface area contributed by atoms with Crippen LogP contribution < -0.4 is 10.1 Å². The van der Waals surface area contributed by atoms with Gasteiger partial charge in [0, 0.05) is 5.69 Å². The number of benzene rings is 1. The van der Waals surface area contributed by atoms with Crippen LogP contribution in [0.3, 0.4) is 0 Å². The summed E-state index contributed by atoms with van der Waals surface area (Å²) in [6.07, 6.45) is 0. The summed E-state index contributed by atoms with van der Waals surface area (Å²) in [5, 5.41) is 14.9. The maximum atomic E-state index is 12.1. The molecule has 2 rings (SSSR count). The van der Waals surface area contributed by atoms with Gasteiger partial charge in [0.25, 0.3) is 5.91 Å². The number of carboxylic acids is 1. The van der Waals surface area contributed by atoms with E-state index in [1.54, 1.807) is 24.3 Å². The van der Waals surface area contributed by atoms with Gasteiger partial charge < -0.3 is 19.7 Å². The number of aromatic nitrogens is 1. The number of carbonyl (C=O) groups is 2. The van der Waals surface area contributed by atoms with E-state index >= 15 is 0 Å². The first-order chi connectivity index (χ1) is 9.52. The van der Waals surface area contributed by atoms with E-state index < -0.39 is 17.6 Å². The predicted octanol–water partition coefficient (Wildman–Crippen LogP) is 1.94. The summed E-state index contributed by atoms with van der Waals surface area (Å²) in [5.74, 6) is -1.11. The molecule has 2 aromatic rings. The summed E-state index contributed by atoms with van der Waals surface area (Å²) in [7, 11) is 1.53. The van der Waals surface area contributed by atoms with Crippen molar-refractivity contribution >= 4 is 17.6 Å². The molecule has 0 atom stereocenters. The van der Waals surface area contributed by atoms with Gasteiger partial charge in [-0.15, -0.1) is 0 Å². The quantitative estimate of drug-likeness (QED) is 0.884. The summed E-state index contributed by atoms with van der Waals surface area (Å²) >= 11 is 0. The molecule has 1 amide bonds. The Labute approximate surface area is 114 Å². The lowest BCUT2D eigenvalue weighted by Gasteiger charge is -2.05. The Hall–Kier alpha value is -2.83. The van der Waals surface area contributed by atoms with Crippen molar-refractivity contribution in [3.8, 4) is 5.75 Å². The zero-order chi connectivity index (χ0) is 14.7. The minimum Gasteiger partial charge on any atom is -0.497 e. The number of hydrogen-bond donors (Lipinski definition) is 2. The highest BCUT2D eigenvalue weighted by Crippen LogP contribution is 2.18. The Morgan fingerprint density at radius 3 is 2.50 bits per heavy atom. The Balaban J connectivity index is 2.23. The van der Waals surface area contributed by atoms with Gasteiger partial charge in [0.1, 0.15) is 17.1 Å². The molecule has 0 saturated carbocycles. The lowest BCUT2D eigenvalue weighted by atomic mass is 10.1. The van der Waals surface area contributed by atoms with Gasteiger partial charge in [-0.3, -0.25) is 4.79 Å². The highest BCUT2D eigenvalue weighted by molar-refractivity contribution is 6.10. The van der Waals surface area contributed by atoms with Gasteiger partial charge in [0.05, 0.1) is 7.11 Å². The van der Waals surface area contributed by atoms with Crippen LogP contribution in [0, 0.1) is 6.92 Å². The van der Waals surface area contributed by atoms with Gasteiger partial charge in [0.15, 0.2) is 0 Å². The van der Waals surface area contributed by atoms with E-state index in [1.165, 1.54) is 14.0 Å². The van der Waals surface area contributed by atoms with Crippen molar-refractivity contribution in [2.45, 2.75) is 6.92 Å². The number of nitrogens with one attached hydrogen (secondary N) is 1. The third kappa shape index (κ3) is 2.61. The lowest BCUT2D eigenvalue weighted by Crippen LogP contribution is -2.16. The van der Waals surface area contributed by atoms with Crippen molar-refractivity contribution in [3.63, 3.8) is 0 Å². The van der Waals surface area contributed by atoms with Crippen molar-refractivity contribution in [1.82, 2.24) is 5.16 Å². The number of hydrogen-bond acceptors (Lipinski definition) is 5. The monoisotopic (exact) mass is 276 g/mol. The van der Waals surface area contributed by atoms with Gasteiger partial charge in [-0.2, -0.15) is 0 Å². The fraction of sp³-hybridized carbons (Fsp3) is 0.154. The molecule has 20 heavy (non-hydrogen) atoms. The summed E-state index contributed by atoms with van der Waals surface area (Å²) in [6.45, 7) is 1.47. The highest BCUT2D eigenvalue weighted by Gasteiger charge is 2.25. The summed E-state index contributed by atoms with van der Waals surface area (Å²) in [6, 6.07) is 6.63.